The van der Waals surface area contributed by atoms with Crippen LogP contribution in [0.4, 0.5) is 4.39 Å². The molecule has 2 N–H and O–H groups in total. The van der Waals surface area contributed by atoms with Crippen molar-refractivity contribution in [3.63, 3.8) is 0 Å². The van der Waals surface area contributed by atoms with E-state index in [2.05, 4.69) is 11.9 Å². The highest BCUT2D eigenvalue weighted by Gasteiger charge is 2.34. The zero-order valence-electron chi connectivity index (χ0n) is 9.75. The van der Waals surface area contributed by atoms with Gasteiger partial charge in [0.25, 0.3) is 0 Å². The molecule has 0 spiro atoms. The van der Waals surface area contributed by atoms with Gasteiger partial charge in [0.2, 0.25) is 0 Å². The first-order valence-corrected chi connectivity index (χ1v) is 6.04. The predicted octanol–water partition coefficient (Wildman–Crippen LogP) is 2.97. The van der Waals surface area contributed by atoms with E-state index >= 15 is 0 Å². The van der Waals surface area contributed by atoms with Gasteiger partial charge in [0, 0.05) is 17.3 Å². The van der Waals surface area contributed by atoms with Gasteiger partial charge in [-0.1, -0.05) is 13.3 Å². The van der Waals surface area contributed by atoms with E-state index in [1.54, 1.807) is 12.3 Å². The highest BCUT2D eigenvalue weighted by Crippen LogP contribution is 2.39. The molecular formula is C13H19FN2. The van der Waals surface area contributed by atoms with Crippen molar-refractivity contribution in [2.45, 2.75) is 44.6 Å². The molecule has 0 aromatic carbocycles. The lowest BCUT2D eigenvalue weighted by atomic mass is 9.73. The van der Waals surface area contributed by atoms with Crippen molar-refractivity contribution in [2.75, 3.05) is 0 Å². The Bertz CT molecular complexity index is 357. The van der Waals surface area contributed by atoms with Crippen molar-refractivity contribution < 1.29 is 4.39 Å². The molecule has 0 unspecified atom stereocenters. The molecule has 1 heterocycles. The third-order valence-corrected chi connectivity index (χ3v) is 3.88. The van der Waals surface area contributed by atoms with Gasteiger partial charge in [-0.05, 0) is 37.7 Å². The Balaban J connectivity index is 2.18. The van der Waals surface area contributed by atoms with Crippen molar-refractivity contribution in [1.82, 2.24) is 4.98 Å². The lowest BCUT2D eigenvalue weighted by Gasteiger charge is -2.37. The van der Waals surface area contributed by atoms with Gasteiger partial charge in [0.1, 0.15) is 5.82 Å². The maximum Gasteiger partial charge on any atom is 0.146 e. The number of aromatic nitrogens is 1. The summed E-state index contributed by atoms with van der Waals surface area (Å²) in [5.74, 6) is 0.501. The van der Waals surface area contributed by atoms with Crippen LogP contribution in [0.3, 0.4) is 0 Å². The quantitative estimate of drug-likeness (QED) is 0.835. The smallest absolute Gasteiger partial charge is 0.146 e. The Labute approximate surface area is 96.1 Å². The highest BCUT2D eigenvalue weighted by molar-refractivity contribution is 5.23. The summed E-state index contributed by atoms with van der Waals surface area (Å²) in [6.45, 7) is 2.21. The molecule has 16 heavy (non-hydrogen) atoms. The first-order chi connectivity index (χ1) is 7.65. The van der Waals surface area contributed by atoms with Crippen LogP contribution in [0.25, 0.3) is 0 Å². The van der Waals surface area contributed by atoms with Gasteiger partial charge in [-0.25, -0.2) is 4.39 Å². The summed E-state index contributed by atoms with van der Waals surface area (Å²) in [7, 11) is 0. The molecule has 2 nitrogen and oxygen atoms in total. The molecule has 0 saturated heterocycles. The fourth-order valence-corrected chi connectivity index (χ4v) is 2.65. The second-order valence-electron chi connectivity index (χ2n) is 4.86. The normalized spacial score (nSPS) is 30.3. The Morgan fingerprint density at radius 2 is 2.19 bits per heavy atom. The average molecular weight is 222 g/mol. The number of hydrogen-bond acceptors (Lipinski definition) is 2. The number of rotatable bonds is 2. The van der Waals surface area contributed by atoms with E-state index < -0.39 is 5.54 Å². The summed E-state index contributed by atoms with van der Waals surface area (Å²) in [6, 6.07) is 1.72. The fraction of sp³-hybridized carbons (Fsp3) is 0.615. The van der Waals surface area contributed by atoms with Crippen LogP contribution in [0.5, 0.6) is 0 Å². The van der Waals surface area contributed by atoms with E-state index in [9.17, 15) is 4.39 Å². The van der Waals surface area contributed by atoms with Crippen molar-refractivity contribution in [1.29, 1.82) is 0 Å². The lowest BCUT2D eigenvalue weighted by molar-refractivity contribution is 0.226. The molecule has 2 rings (SSSR count). The molecule has 0 amide bonds. The van der Waals surface area contributed by atoms with E-state index in [0.29, 0.717) is 5.56 Å². The summed E-state index contributed by atoms with van der Waals surface area (Å²) >= 11 is 0. The van der Waals surface area contributed by atoms with Gasteiger partial charge in [-0.2, -0.15) is 0 Å². The zero-order valence-corrected chi connectivity index (χ0v) is 9.75. The maximum absolute atomic E-state index is 13.7. The zero-order chi connectivity index (χ0) is 11.6. The highest BCUT2D eigenvalue weighted by atomic mass is 19.1. The molecule has 3 heteroatoms. The SMILES string of the molecule is CCC1CCC(N)(c2ccncc2F)CC1. The molecule has 1 fully saturated rings. The Kier molecular flexibility index (Phi) is 3.24. The van der Waals surface area contributed by atoms with Crippen molar-refractivity contribution in [3.8, 4) is 0 Å². The van der Waals surface area contributed by atoms with E-state index in [1.807, 2.05) is 0 Å². The van der Waals surface area contributed by atoms with Gasteiger partial charge < -0.3 is 5.73 Å². The minimum atomic E-state index is -0.474. The van der Waals surface area contributed by atoms with Crippen LogP contribution >= 0.6 is 0 Å². The van der Waals surface area contributed by atoms with Crippen LogP contribution in [0.15, 0.2) is 18.5 Å². The fourth-order valence-electron chi connectivity index (χ4n) is 2.65. The second-order valence-corrected chi connectivity index (χ2v) is 4.86. The van der Waals surface area contributed by atoms with Crippen molar-refractivity contribution in [2.24, 2.45) is 11.7 Å². The second kappa shape index (κ2) is 4.50. The molecule has 1 aromatic rings. The van der Waals surface area contributed by atoms with Gasteiger partial charge >= 0.3 is 0 Å². The van der Waals surface area contributed by atoms with Crippen molar-refractivity contribution in [3.05, 3.63) is 29.8 Å². The van der Waals surface area contributed by atoms with Crippen LogP contribution in [-0.2, 0) is 5.54 Å². The number of nitrogens with zero attached hydrogens (tertiary/aromatic N) is 1. The number of nitrogens with two attached hydrogens (primary N) is 1. The first kappa shape index (κ1) is 11.5. The number of halogens is 1. The Hall–Kier alpha value is -0.960. The third kappa shape index (κ3) is 2.09. The van der Waals surface area contributed by atoms with E-state index in [0.717, 1.165) is 31.6 Å². The molecule has 1 aliphatic rings. The van der Waals surface area contributed by atoms with Gasteiger partial charge in [-0.15, -0.1) is 0 Å². The summed E-state index contributed by atoms with van der Waals surface area (Å²) < 4.78 is 13.7. The molecule has 1 aliphatic carbocycles. The van der Waals surface area contributed by atoms with Crippen LogP contribution < -0.4 is 5.73 Å². The van der Waals surface area contributed by atoms with E-state index in [4.69, 9.17) is 5.73 Å². The molecular weight excluding hydrogens is 203 g/mol. The lowest BCUT2D eigenvalue weighted by Crippen LogP contribution is -2.41. The monoisotopic (exact) mass is 222 g/mol. The Morgan fingerprint density at radius 3 is 2.75 bits per heavy atom. The maximum atomic E-state index is 13.7. The molecule has 0 atom stereocenters. The summed E-state index contributed by atoms with van der Waals surface area (Å²) in [6.07, 6.45) is 8.06. The Morgan fingerprint density at radius 1 is 1.50 bits per heavy atom. The predicted molar refractivity (Wildman–Crippen MR) is 62.3 cm³/mol. The van der Waals surface area contributed by atoms with Crippen LogP contribution in [-0.4, -0.2) is 4.98 Å². The average Bonchev–Trinajstić information content (AvgIpc) is 2.30. The van der Waals surface area contributed by atoms with E-state index in [-0.39, 0.29) is 5.82 Å². The van der Waals surface area contributed by atoms with Gasteiger partial charge in [0.05, 0.1) is 6.20 Å². The van der Waals surface area contributed by atoms with E-state index in [1.165, 1.54) is 12.6 Å². The molecule has 0 radical (unpaired) electrons. The van der Waals surface area contributed by atoms with Crippen molar-refractivity contribution >= 4 is 0 Å². The molecule has 1 aromatic heterocycles. The minimum Gasteiger partial charge on any atom is -0.321 e. The topological polar surface area (TPSA) is 38.9 Å². The summed E-state index contributed by atoms with van der Waals surface area (Å²) in [5, 5.41) is 0. The third-order valence-electron chi connectivity index (χ3n) is 3.88. The molecule has 1 saturated carbocycles. The largest absolute Gasteiger partial charge is 0.321 e. The molecule has 0 aliphatic heterocycles. The molecule has 88 valence electrons. The number of pyridine rings is 1. The van der Waals surface area contributed by atoms with Crippen LogP contribution in [0.2, 0.25) is 0 Å². The first-order valence-electron chi connectivity index (χ1n) is 6.04. The molecule has 0 bridgehead atoms. The van der Waals surface area contributed by atoms with Gasteiger partial charge in [-0.3, -0.25) is 4.98 Å². The van der Waals surface area contributed by atoms with Crippen LogP contribution in [0, 0.1) is 11.7 Å². The summed E-state index contributed by atoms with van der Waals surface area (Å²) in [4.78, 5) is 3.77. The van der Waals surface area contributed by atoms with Crippen LogP contribution in [0.1, 0.15) is 44.6 Å². The minimum absolute atomic E-state index is 0.264. The van der Waals surface area contributed by atoms with Gasteiger partial charge in [0.15, 0.2) is 0 Å². The number of hydrogen-bond donors (Lipinski definition) is 1. The standard InChI is InChI=1S/C13H19FN2/c1-2-10-3-6-13(15,7-4-10)11-5-8-16-9-12(11)14/h5,8-10H,2-4,6-7,15H2,1H3. The summed E-state index contributed by atoms with van der Waals surface area (Å²) in [5.41, 5.74) is 6.49.